The molecule has 2 heterocycles. The van der Waals surface area contributed by atoms with Gasteiger partial charge < -0.3 is 10.0 Å². The van der Waals surface area contributed by atoms with Crippen molar-refractivity contribution in [3.8, 4) is 6.07 Å². The first kappa shape index (κ1) is 12.8. The Morgan fingerprint density at radius 3 is 3.00 bits per heavy atom. The summed E-state index contributed by atoms with van der Waals surface area (Å²) in [5, 5.41) is 18.8. The molecular formula is C14H19N3O. The third-order valence-electron chi connectivity index (χ3n) is 3.31. The monoisotopic (exact) mass is 245 g/mol. The summed E-state index contributed by atoms with van der Waals surface area (Å²) in [5.41, 5.74) is 0.496. The van der Waals surface area contributed by atoms with Gasteiger partial charge in [0.15, 0.2) is 0 Å². The Bertz CT molecular complexity index is 464. The van der Waals surface area contributed by atoms with E-state index >= 15 is 0 Å². The summed E-state index contributed by atoms with van der Waals surface area (Å²) in [4.78, 5) is 6.49. The van der Waals surface area contributed by atoms with Gasteiger partial charge in [-0.05, 0) is 30.4 Å². The molecule has 1 aliphatic rings. The molecule has 1 fully saturated rings. The van der Waals surface area contributed by atoms with Crippen molar-refractivity contribution in [2.24, 2.45) is 5.41 Å². The van der Waals surface area contributed by atoms with E-state index in [0.717, 1.165) is 31.7 Å². The van der Waals surface area contributed by atoms with E-state index in [1.165, 1.54) is 0 Å². The molecule has 1 N–H and O–H groups in total. The first-order chi connectivity index (χ1) is 8.50. The molecule has 2 rings (SSSR count). The van der Waals surface area contributed by atoms with Gasteiger partial charge in [0.25, 0.3) is 0 Å². The predicted octanol–water partition coefficient (Wildman–Crippen LogP) is 1.94. The van der Waals surface area contributed by atoms with Gasteiger partial charge in [0.2, 0.25) is 0 Å². The van der Waals surface area contributed by atoms with E-state index in [1.807, 2.05) is 12.1 Å². The fourth-order valence-corrected chi connectivity index (χ4v) is 2.56. The molecule has 1 saturated heterocycles. The molecule has 0 radical (unpaired) electrons. The zero-order valence-electron chi connectivity index (χ0n) is 10.9. The number of rotatable bonds is 1. The van der Waals surface area contributed by atoms with Crippen LogP contribution in [-0.4, -0.2) is 29.3 Å². The number of nitrogens with zero attached hydrogens (tertiary/aromatic N) is 3. The van der Waals surface area contributed by atoms with Crippen molar-refractivity contribution in [2.75, 3.05) is 18.0 Å². The topological polar surface area (TPSA) is 60.1 Å². The van der Waals surface area contributed by atoms with E-state index in [1.54, 1.807) is 6.07 Å². The van der Waals surface area contributed by atoms with Crippen LogP contribution in [0.5, 0.6) is 0 Å². The number of hydrogen-bond donors (Lipinski definition) is 1. The summed E-state index contributed by atoms with van der Waals surface area (Å²) in [6.45, 7) is 5.95. The average Bonchev–Trinajstić information content (AvgIpc) is 2.47. The van der Waals surface area contributed by atoms with Gasteiger partial charge in [0, 0.05) is 13.1 Å². The minimum atomic E-state index is -0.246. The summed E-state index contributed by atoms with van der Waals surface area (Å²) in [5.74, 6) is 0.830. The fraction of sp³-hybridized carbons (Fsp3) is 0.571. The van der Waals surface area contributed by atoms with E-state index in [4.69, 9.17) is 5.26 Å². The Labute approximate surface area is 108 Å². The number of aliphatic hydroxyl groups is 1. The third kappa shape index (κ3) is 2.99. The summed E-state index contributed by atoms with van der Waals surface area (Å²) < 4.78 is 0. The molecule has 0 aliphatic carbocycles. The smallest absolute Gasteiger partial charge is 0.142 e. The van der Waals surface area contributed by atoms with Gasteiger partial charge in [-0.3, -0.25) is 0 Å². The molecule has 1 unspecified atom stereocenters. The second-order valence-electron chi connectivity index (χ2n) is 5.73. The maximum Gasteiger partial charge on any atom is 0.142 e. The van der Waals surface area contributed by atoms with Crippen LogP contribution in [0.1, 0.15) is 32.4 Å². The maximum absolute atomic E-state index is 9.89. The van der Waals surface area contributed by atoms with Crippen LogP contribution < -0.4 is 4.90 Å². The van der Waals surface area contributed by atoms with Crippen molar-refractivity contribution < 1.29 is 5.11 Å². The predicted molar refractivity (Wildman–Crippen MR) is 70.2 cm³/mol. The largest absolute Gasteiger partial charge is 0.393 e. The Morgan fingerprint density at radius 2 is 2.28 bits per heavy atom. The van der Waals surface area contributed by atoms with Crippen molar-refractivity contribution in [2.45, 2.75) is 32.8 Å². The van der Waals surface area contributed by atoms with Gasteiger partial charge in [0.05, 0.1) is 6.10 Å². The molecule has 4 nitrogen and oxygen atoms in total. The van der Waals surface area contributed by atoms with Crippen LogP contribution in [0, 0.1) is 16.7 Å². The van der Waals surface area contributed by atoms with Crippen LogP contribution in [0.3, 0.4) is 0 Å². The molecule has 0 bridgehead atoms. The van der Waals surface area contributed by atoms with Crippen molar-refractivity contribution in [1.29, 1.82) is 5.26 Å². The summed E-state index contributed by atoms with van der Waals surface area (Å²) >= 11 is 0. The van der Waals surface area contributed by atoms with Crippen LogP contribution in [0.2, 0.25) is 0 Å². The molecule has 4 heteroatoms. The second-order valence-corrected chi connectivity index (χ2v) is 5.73. The Balaban J connectivity index is 2.24. The van der Waals surface area contributed by atoms with Crippen molar-refractivity contribution in [3.63, 3.8) is 0 Å². The van der Waals surface area contributed by atoms with Crippen molar-refractivity contribution in [1.82, 2.24) is 4.98 Å². The Morgan fingerprint density at radius 1 is 1.50 bits per heavy atom. The van der Waals surface area contributed by atoms with E-state index < -0.39 is 0 Å². The second kappa shape index (κ2) is 4.95. The van der Waals surface area contributed by atoms with Crippen molar-refractivity contribution >= 4 is 5.82 Å². The highest BCUT2D eigenvalue weighted by Crippen LogP contribution is 2.30. The lowest BCUT2D eigenvalue weighted by Gasteiger charge is -2.30. The van der Waals surface area contributed by atoms with Crippen molar-refractivity contribution in [3.05, 3.63) is 23.9 Å². The highest BCUT2D eigenvalue weighted by Gasteiger charge is 2.29. The molecule has 1 atom stereocenters. The lowest BCUT2D eigenvalue weighted by Crippen LogP contribution is -2.33. The van der Waals surface area contributed by atoms with Gasteiger partial charge >= 0.3 is 0 Å². The van der Waals surface area contributed by atoms with Crippen LogP contribution in [0.4, 0.5) is 5.82 Å². The molecule has 0 saturated carbocycles. The summed E-state index contributed by atoms with van der Waals surface area (Å²) in [6, 6.07) is 7.56. The van der Waals surface area contributed by atoms with E-state index in [0.29, 0.717) is 5.69 Å². The summed E-state index contributed by atoms with van der Waals surface area (Å²) in [7, 11) is 0. The average molecular weight is 245 g/mol. The number of anilines is 1. The van der Waals surface area contributed by atoms with Crippen LogP contribution in [0.25, 0.3) is 0 Å². The lowest BCUT2D eigenvalue weighted by atomic mass is 9.87. The zero-order valence-corrected chi connectivity index (χ0v) is 10.9. The third-order valence-corrected chi connectivity index (χ3v) is 3.31. The highest BCUT2D eigenvalue weighted by atomic mass is 16.3. The van der Waals surface area contributed by atoms with Crippen LogP contribution in [-0.2, 0) is 0 Å². The standard InChI is InChI=1S/C14H19N3O/c1-14(2)8-12(18)6-7-17(10-14)13-5-3-4-11(9-15)16-13/h3-5,12,18H,6-8,10H2,1-2H3. The van der Waals surface area contributed by atoms with E-state index in [9.17, 15) is 5.11 Å². The van der Waals surface area contributed by atoms with Gasteiger partial charge in [-0.15, -0.1) is 0 Å². The number of aromatic nitrogens is 1. The lowest BCUT2D eigenvalue weighted by molar-refractivity contribution is 0.123. The normalized spacial score (nSPS) is 23.2. The zero-order chi connectivity index (χ0) is 13.2. The van der Waals surface area contributed by atoms with E-state index in [-0.39, 0.29) is 11.5 Å². The molecule has 18 heavy (non-hydrogen) atoms. The number of nitriles is 1. The van der Waals surface area contributed by atoms with Crippen LogP contribution in [0.15, 0.2) is 18.2 Å². The minimum Gasteiger partial charge on any atom is -0.393 e. The molecule has 1 aromatic heterocycles. The minimum absolute atomic E-state index is 0.0558. The molecule has 0 spiro atoms. The Hall–Kier alpha value is -1.60. The fourth-order valence-electron chi connectivity index (χ4n) is 2.56. The summed E-state index contributed by atoms with van der Waals surface area (Å²) in [6.07, 6.45) is 1.31. The van der Waals surface area contributed by atoms with Gasteiger partial charge in [-0.2, -0.15) is 5.26 Å². The molecule has 1 aliphatic heterocycles. The molecule has 96 valence electrons. The number of pyridine rings is 1. The van der Waals surface area contributed by atoms with Gasteiger partial charge in [0.1, 0.15) is 17.6 Å². The maximum atomic E-state index is 9.89. The number of hydrogen-bond acceptors (Lipinski definition) is 4. The van der Waals surface area contributed by atoms with Gasteiger partial charge in [-0.25, -0.2) is 4.98 Å². The SMILES string of the molecule is CC1(C)CC(O)CCN(c2cccc(C#N)n2)C1. The molecule has 0 amide bonds. The Kier molecular flexibility index (Phi) is 3.53. The first-order valence-corrected chi connectivity index (χ1v) is 6.30. The van der Waals surface area contributed by atoms with Crippen LogP contribution >= 0.6 is 0 Å². The first-order valence-electron chi connectivity index (χ1n) is 6.30. The molecule has 1 aromatic rings. The molecule has 0 aromatic carbocycles. The highest BCUT2D eigenvalue weighted by molar-refractivity contribution is 5.42. The van der Waals surface area contributed by atoms with E-state index in [2.05, 4.69) is 29.8 Å². The number of aliphatic hydroxyl groups excluding tert-OH is 1. The van der Waals surface area contributed by atoms with Gasteiger partial charge in [-0.1, -0.05) is 19.9 Å². The quantitative estimate of drug-likeness (QED) is 0.821. The molecular weight excluding hydrogens is 226 g/mol.